The Morgan fingerprint density at radius 1 is 1.00 bits per heavy atom. The number of ketones is 1. The van der Waals surface area contributed by atoms with Crippen LogP contribution in [0.15, 0.2) is 54.7 Å². The summed E-state index contributed by atoms with van der Waals surface area (Å²) < 4.78 is 2.10. The molecule has 1 aliphatic rings. The van der Waals surface area contributed by atoms with Crippen molar-refractivity contribution in [2.45, 2.75) is 32.2 Å². The van der Waals surface area contributed by atoms with Crippen LogP contribution >= 0.6 is 0 Å². The van der Waals surface area contributed by atoms with Gasteiger partial charge in [0.2, 0.25) is 0 Å². The van der Waals surface area contributed by atoms with Crippen molar-refractivity contribution in [1.29, 1.82) is 0 Å². The second kappa shape index (κ2) is 6.62. The van der Waals surface area contributed by atoms with Crippen molar-refractivity contribution in [2.24, 2.45) is 0 Å². The van der Waals surface area contributed by atoms with Crippen LogP contribution in [0.25, 0.3) is 5.52 Å². The number of pyridine rings is 1. The highest BCUT2D eigenvalue weighted by molar-refractivity contribution is 5.99. The highest BCUT2D eigenvalue weighted by atomic mass is 16.1. The minimum absolute atomic E-state index is 0.293. The fourth-order valence-corrected chi connectivity index (χ4v) is 3.76. The number of carbonyl (C=O) groups is 1. The highest BCUT2D eigenvalue weighted by Gasteiger charge is 2.25. The van der Waals surface area contributed by atoms with Crippen molar-refractivity contribution in [3.63, 3.8) is 0 Å². The zero-order chi connectivity index (χ0) is 16.4. The zero-order valence-electron chi connectivity index (χ0n) is 13.8. The molecule has 1 aliphatic carbocycles. The predicted octanol–water partition coefficient (Wildman–Crippen LogP) is 3.79. The molecule has 3 nitrogen and oxygen atoms in total. The summed E-state index contributed by atoms with van der Waals surface area (Å²) in [5, 5.41) is 3.53. The third-order valence-electron chi connectivity index (χ3n) is 4.88. The molecule has 2 heterocycles. The van der Waals surface area contributed by atoms with Gasteiger partial charge in [0.1, 0.15) is 0 Å². The summed E-state index contributed by atoms with van der Waals surface area (Å²) >= 11 is 0. The summed E-state index contributed by atoms with van der Waals surface area (Å²) in [6, 6.07) is 16.7. The SMILES string of the molecule is O=C1CCCc2c(CCNCc3ccccc3)c3ccccn3c21. The second-order valence-corrected chi connectivity index (χ2v) is 6.45. The first-order valence-corrected chi connectivity index (χ1v) is 8.73. The number of aromatic nitrogens is 1. The largest absolute Gasteiger partial charge is 0.313 e. The van der Waals surface area contributed by atoms with Gasteiger partial charge in [0, 0.05) is 24.7 Å². The van der Waals surface area contributed by atoms with E-state index in [9.17, 15) is 4.79 Å². The van der Waals surface area contributed by atoms with Crippen molar-refractivity contribution in [2.75, 3.05) is 6.54 Å². The maximum Gasteiger partial charge on any atom is 0.179 e. The summed E-state index contributed by atoms with van der Waals surface area (Å²) in [4.78, 5) is 12.4. The van der Waals surface area contributed by atoms with Gasteiger partial charge in [-0.15, -0.1) is 0 Å². The van der Waals surface area contributed by atoms with Gasteiger partial charge in [-0.05, 0) is 54.6 Å². The van der Waals surface area contributed by atoms with E-state index in [0.717, 1.165) is 38.0 Å². The van der Waals surface area contributed by atoms with Crippen molar-refractivity contribution in [3.05, 3.63) is 77.1 Å². The molecule has 3 aromatic rings. The summed E-state index contributed by atoms with van der Waals surface area (Å²) in [7, 11) is 0. The molecule has 122 valence electrons. The number of benzene rings is 1. The third kappa shape index (κ3) is 2.76. The van der Waals surface area contributed by atoms with Gasteiger partial charge in [-0.3, -0.25) is 4.79 Å². The van der Waals surface area contributed by atoms with Crippen LogP contribution < -0.4 is 5.32 Å². The molecule has 4 rings (SSSR count). The molecule has 0 bridgehead atoms. The average molecular weight is 318 g/mol. The first-order chi connectivity index (χ1) is 11.8. The lowest BCUT2D eigenvalue weighted by atomic mass is 9.92. The van der Waals surface area contributed by atoms with Gasteiger partial charge in [-0.1, -0.05) is 36.4 Å². The maximum atomic E-state index is 12.4. The Labute approximate surface area is 142 Å². The van der Waals surface area contributed by atoms with Crippen LogP contribution in [-0.2, 0) is 19.4 Å². The van der Waals surface area contributed by atoms with Crippen LogP contribution in [0.5, 0.6) is 0 Å². The van der Waals surface area contributed by atoms with Crippen LogP contribution in [0.3, 0.4) is 0 Å². The molecule has 0 aliphatic heterocycles. The summed E-state index contributed by atoms with van der Waals surface area (Å²) in [5.74, 6) is 0.293. The normalized spacial score (nSPS) is 14.1. The zero-order valence-corrected chi connectivity index (χ0v) is 13.8. The number of Topliss-reactive ketones (excluding diaryl/α,β-unsaturated/α-hetero) is 1. The van der Waals surface area contributed by atoms with Crippen LogP contribution in [0, 0.1) is 0 Å². The van der Waals surface area contributed by atoms with E-state index in [-0.39, 0.29) is 0 Å². The Morgan fingerprint density at radius 2 is 1.83 bits per heavy atom. The first kappa shape index (κ1) is 15.2. The lowest BCUT2D eigenvalue weighted by Gasteiger charge is -2.12. The number of fused-ring (bicyclic) bond motifs is 3. The number of hydrogen-bond donors (Lipinski definition) is 1. The molecule has 0 saturated carbocycles. The topological polar surface area (TPSA) is 33.5 Å². The van der Waals surface area contributed by atoms with Crippen molar-refractivity contribution >= 4 is 11.3 Å². The summed E-state index contributed by atoms with van der Waals surface area (Å²) in [6.07, 6.45) is 5.67. The van der Waals surface area contributed by atoms with E-state index in [0.29, 0.717) is 12.2 Å². The molecule has 0 unspecified atom stereocenters. The lowest BCUT2D eigenvalue weighted by Crippen LogP contribution is -2.17. The standard InChI is InChI=1S/C21H22N2O/c24-20-11-6-9-18-17(19-10-4-5-14-23(19)21(18)20)12-13-22-15-16-7-2-1-3-8-16/h1-5,7-8,10,14,22H,6,9,11-13,15H2. The Morgan fingerprint density at radius 3 is 2.71 bits per heavy atom. The molecule has 0 saturated heterocycles. The number of rotatable bonds is 5. The quantitative estimate of drug-likeness (QED) is 0.726. The minimum Gasteiger partial charge on any atom is -0.313 e. The van der Waals surface area contributed by atoms with E-state index in [2.05, 4.69) is 46.1 Å². The number of nitrogens with one attached hydrogen (secondary N) is 1. The Balaban J connectivity index is 1.55. The van der Waals surface area contributed by atoms with Crippen molar-refractivity contribution in [1.82, 2.24) is 9.72 Å². The molecule has 24 heavy (non-hydrogen) atoms. The van der Waals surface area contributed by atoms with Gasteiger partial charge in [0.25, 0.3) is 0 Å². The van der Waals surface area contributed by atoms with Gasteiger partial charge in [0.05, 0.1) is 5.69 Å². The van der Waals surface area contributed by atoms with Gasteiger partial charge in [-0.25, -0.2) is 0 Å². The van der Waals surface area contributed by atoms with Crippen LogP contribution in [0.1, 0.15) is 40.0 Å². The number of hydrogen-bond acceptors (Lipinski definition) is 2. The van der Waals surface area contributed by atoms with E-state index in [1.54, 1.807) is 0 Å². The fraction of sp³-hybridized carbons (Fsp3) is 0.286. The first-order valence-electron chi connectivity index (χ1n) is 8.73. The molecule has 0 fully saturated rings. The molecule has 0 atom stereocenters. The molecule has 1 aromatic carbocycles. The molecule has 1 N–H and O–H groups in total. The van der Waals surface area contributed by atoms with E-state index in [4.69, 9.17) is 0 Å². The molecule has 2 aromatic heterocycles. The molecule has 0 radical (unpaired) electrons. The summed E-state index contributed by atoms with van der Waals surface area (Å²) in [6.45, 7) is 1.80. The molecular weight excluding hydrogens is 296 g/mol. The predicted molar refractivity (Wildman–Crippen MR) is 96.5 cm³/mol. The van der Waals surface area contributed by atoms with E-state index >= 15 is 0 Å². The Bertz CT molecular complexity index is 864. The van der Waals surface area contributed by atoms with Gasteiger partial charge >= 0.3 is 0 Å². The Kier molecular flexibility index (Phi) is 4.18. The fourth-order valence-electron chi connectivity index (χ4n) is 3.76. The third-order valence-corrected chi connectivity index (χ3v) is 4.88. The molecular formula is C21H22N2O. The van der Waals surface area contributed by atoms with Crippen LogP contribution in [0.2, 0.25) is 0 Å². The monoisotopic (exact) mass is 318 g/mol. The lowest BCUT2D eigenvalue weighted by molar-refractivity contribution is 0.0966. The average Bonchev–Trinajstić information content (AvgIpc) is 2.95. The smallest absolute Gasteiger partial charge is 0.179 e. The minimum atomic E-state index is 0.293. The van der Waals surface area contributed by atoms with Gasteiger partial charge in [0.15, 0.2) is 5.78 Å². The molecule has 0 spiro atoms. The molecule has 3 heteroatoms. The highest BCUT2D eigenvalue weighted by Crippen LogP contribution is 2.30. The second-order valence-electron chi connectivity index (χ2n) is 6.45. The van der Waals surface area contributed by atoms with Crippen molar-refractivity contribution < 1.29 is 4.79 Å². The van der Waals surface area contributed by atoms with Crippen molar-refractivity contribution in [3.8, 4) is 0 Å². The van der Waals surface area contributed by atoms with E-state index in [1.807, 2.05) is 18.3 Å². The molecule has 0 amide bonds. The maximum absolute atomic E-state index is 12.4. The van der Waals surface area contributed by atoms with Gasteiger partial charge < -0.3 is 9.72 Å². The van der Waals surface area contributed by atoms with Crippen LogP contribution in [-0.4, -0.2) is 16.7 Å². The van der Waals surface area contributed by atoms with E-state index < -0.39 is 0 Å². The summed E-state index contributed by atoms with van der Waals surface area (Å²) in [5.41, 5.74) is 6.05. The van der Waals surface area contributed by atoms with Crippen LogP contribution in [0.4, 0.5) is 0 Å². The number of nitrogens with zero attached hydrogens (tertiary/aromatic N) is 1. The van der Waals surface area contributed by atoms with E-state index in [1.165, 1.54) is 22.2 Å². The number of carbonyl (C=O) groups excluding carboxylic acids is 1. The Hall–Kier alpha value is -2.39. The van der Waals surface area contributed by atoms with Gasteiger partial charge in [-0.2, -0.15) is 0 Å².